The molecule has 1 aromatic heterocycles. The van der Waals surface area contributed by atoms with E-state index in [1.165, 1.54) is 19.3 Å². The highest BCUT2D eigenvalue weighted by Crippen LogP contribution is 2.30. The van der Waals surface area contributed by atoms with Gasteiger partial charge in [0.05, 0.1) is 17.1 Å². The van der Waals surface area contributed by atoms with Gasteiger partial charge in [0.1, 0.15) is 0 Å². The third-order valence-corrected chi connectivity index (χ3v) is 8.69. The van der Waals surface area contributed by atoms with E-state index in [4.69, 9.17) is 4.74 Å². The molecule has 1 saturated carbocycles. The minimum atomic E-state index is -3.37. The molecular formula is C21H38N4O3S. The molecule has 8 heteroatoms. The number of ether oxygens (including phenoxy) is 1. The molecule has 3 rings (SSSR count). The topological polar surface area (TPSA) is 67.7 Å². The van der Waals surface area contributed by atoms with Crippen molar-refractivity contribution >= 4 is 9.84 Å². The lowest BCUT2D eigenvalue weighted by Crippen LogP contribution is -2.43. The fraction of sp³-hybridized carbons (Fsp3) is 0.857. The van der Waals surface area contributed by atoms with Gasteiger partial charge in [0.2, 0.25) is 15.0 Å². The largest absolute Gasteiger partial charge is 0.385 e. The summed E-state index contributed by atoms with van der Waals surface area (Å²) in [5, 5.41) is -0.00812. The Morgan fingerprint density at radius 3 is 2.62 bits per heavy atom. The number of likely N-dealkylation sites (tertiary alicyclic amines) is 1. The Kier molecular flexibility index (Phi) is 8.13. The predicted octanol–water partition coefficient (Wildman–Crippen LogP) is 2.55. The molecule has 0 aromatic carbocycles. The Morgan fingerprint density at radius 1 is 1.21 bits per heavy atom. The lowest BCUT2D eigenvalue weighted by Gasteiger charge is -2.35. The van der Waals surface area contributed by atoms with Gasteiger partial charge in [-0.1, -0.05) is 19.3 Å². The first-order valence-corrected chi connectivity index (χ1v) is 12.6. The zero-order valence-electron chi connectivity index (χ0n) is 18.3. The van der Waals surface area contributed by atoms with E-state index in [-0.39, 0.29) is 10.4 Å². The Bertz CT molecular complexity index is 743. The molecule has 2 heterocycles. The Morgan fingerprint density at radius 2 is 1.93 bits per heavy atom. The third-order valence-electron chi connectivity index (χ3n) is 6.50. The van der Waals surface area contributed by atoms with Crippen LogP contribution in [0.5, 0.6) is 0 Å². The maximum Gasteiger partial charge on any atom is 0.228 e. The summed E-state index contributed by atoms with van der Waals surface area (Å²) in [5.41, 5.74) is 0.985. The molecule has 166 valence electrons. The first-order valence-electron chi connectivity index (χ1n) is 11.1. The van der Waals surface area contributed by atoms with E-state index >= 15 is 0 Å². The molecule has 0 spiro atoms. The fourth-order valence-electron chi connectivity index (χ4n) is 4.77. The molecule has 0 bridgehead atoms. The van der Waals surface area contributed by atoms with Gasteiger partial charge >= 0.3 is 0 Å². The summed E-state index contributed by atoms with van der Waals surface area (Å²) in [4.78, 5) is 9.18. The van der Waals surface area contributed by atoms with Crippen LogP contribution in [0.2, 0.25) is 0 Å². The van der Waals surface area contributed by atoms with Gasteiger partial charge in [0.15, 0.2) is 0 Å². The molecular weight excluding hydrogens is 388 g/mol. The van der Waals surface area contributed by atoms with Gasteiger partial charge < -0.3 is 14.2 Å². The molecule has 1 atom stereocenters. The van der Waals surface area contributed by atoms with Crippen molar-refractivity contribution in [2.45, 2.75) is 80.9 Å². The minimum absolute atomic E-state index is 0.263. The second kappa shape index (κ2) is 10.4. The van der Waals surface area contributed by atoms with Crippen molar-refractivity contribution < 1.29 is 13.2 Å². The summed E-state index contributed by atoms with van der Waals surface area (Å²) < 4.78 is 33.6. The van der Waals surface area contributed by atoms with Crippen molar-refractivity contribution in [3.05, 3.63) is 11.9 Å². The molecule has 0 unspecified atom stereocenters. The first kappa shape index (κ1) is 22.7. The Labute approximate surface area is 176 Å². The van der Waals surface area contributed by atoms with Crippen LogP contribution in [0, 0.1) is 0 Å². The zero-order valence-corrected chi connectivity index (χ0v) is 19.2. The molecule has 0 N–H and O–H groups in total. The van der Waals surface area contributed by atoms with E-state index in [0.29, 0.717) is 25.7 Å². The van der Waals surface area contributed by atoms with E-state index in [0.717, 1.165) is 50.9 Å². The molecule has 2 fully saturated rings. The average molecular weight is 427 g/mol. The number of hydrogen-bond donors (Lipinski definition) is 0. The van der Waals surface area contributed by atoms with Crippen molar-refractivity contribution in [2.75, 3.05) is 40.9 Å². The molecule has 1 aliphatic carbocycles. The summed E-state index contributed by atoms with van der Waals surface area (Å²) in [6, 6.07) is 0.570. The number of aromatic nitrogens is 2. The lowest BCUT2D eigenvalue weighted by molar-refractivity contribution is 0.137. The van der Waals surface area contributed by atoms with Crippen LogP contribution >= 0.6 is 0 Å². The van der Waals surface area contributed by atoms with Crippen LogP contribution in [-0.2, 0) is 27.7 Å². The number of imidazole rings is 1. The maximum atomic E-state index is 13.2. The van der Waals surface area contributed by atoms with Gasteiger partial charge in [0.25, 0.3) is 0 Å². The third kappa shape index (κ3) is 5.60. The van der Waals surface area contributed by atoms with Crippen LogP contribution in [-0.4, -0.2) is 80.0 Å². The average Bonchev–Trinajstić information content (AvgIpc) is 3.35. The normalized spacial score (nSPS) is 22.0. The molecule has 1 aromatic rings. The number of nitrogens with zero attached hydrogens (tertiary/aromatic N) is 4. The minimum Gasteiger partial charge on any atom is -0.385 e. The number of sulfone groups is 1. The summed E-state index contributed by atoms with van der Waals surface area (Å²) in [6.45, 7) is 4.11. The second-order valence-corrected chi connectivity index (χ2v) is 10.9. The maximum absolute atomic E-state index is 13.2. The van der Waals surface area contributed by atoms with Crippen molar-refractivity contribution in [2.24, 2.45) is 0 Å². The number of hydrogen-bond acceptors (Lipinski definition) is 6. The number of methoxy groups -OCH3 is 1. The lowest BCUT2D eigenvalue weighted by atomic mass is 10.0. The number of rotatable bonds is 10. The first-order chi connectivity index (χ1) is 13.9. The summed E-state index contributed by atoms with van der Waals surface area (Å²) in [6.07, 6.45) is 9.88. The van der Waals surface area contributed by atoms with Crippen LogP contribution in [0.15, 0.2) is 11.4 Å². The highest BCUT2D eigenvalue weighted by molar-refractivity contribution is 7.91. The van der Waals surface area contributed by atoms with Crippen LogP contribution in [0.25, 0.3) is 0 Å². The van der Waals surface area contributed by atoms with Gasteiger partial charge in [0, 0.05) is 39.4 Å². The molecule has 0 radical (unpaired) electrons. The summed E-state index contributed by atoms with van der Waals surface area (Å²) in [7, 11) is 2.64. The zero-order chi connectivity index (χ0) is 20.9. The van der Waals surface area contributed by atoms with E-state index in [1.807, 2.05) is 4.57 Å². The standard InChI is InChI=1S/C21H38N4O3S/c1-23(16-18-9-6-7-12-24(18)2)17-19-15-22-21(25(19)13-8-14-28-3)29(26,27)20-10-4-5-11-20/h15,18,20H,4-14,16-17H2,1-3H3/t18-/m0/s1. The highest BCUT2D eigenvalue weighted by atomic mass is 32.2. The molecule has 7 nitrogen and oxygen atoms in total. The highest BCUT2D eigenvalue weighted by Gasteiger charge is 2.34. The summed E-state index contributed by atoms with van der Waals surface area (Å²) in [5.74, 6) is 0. The molecule has 1 aliphatic heterocycles. The van der Waals surface area contributed by atoms with Gasteiger partial charge in [-0.05, 0) is 52.7 Å². The molecule has 1 saturated heterocycles. The van der Waals surface area contributed by atoms with E-state index < -0.39 is 9.84 Å². The number of likely N-dealkylation sites (N-methyl/N-ethyl adjacent to an activating group) is 2. The van der Waals surface area contributed by atoms with Crippen molar-refractivity contribution in [1.29, 1.82) is 0 Å². The van der Waals surface area contributed by atoms with E-state index in [1.54, 1.807) is 13.3 Å². The van der Waals surface area contributed by atoms with Crippen LogP contribution < -0.4 is 0 Å². The Balaban J connectivity index is 1.75. The Hall–Kier alpha value is -0.960. The van der Waals surface area contributed by atoms with Gasteiger partial charge in [-0.25, -0.2) is 13.4 Å². The predicted molar refractivity (Wildman–Crippen MR) is 115 cm³/mol. The SMILES string of the molecule is COCCCn1c(CN(C)C[C@@H]2CCCCN2C)cnc1S(=O)(=O)C1CCCC1. The van der Waals surface area contributed by atoms with E-state index in [2.05, 4.69) is 28.9 Å². The van der Waals surface area contributed by atoms with Gasteiger partial charge in [-0.2, -0.15) is 0 Å². The second-order valence-electron chi connectivity index (χ2n) is 8.81. The summed E-state index contributed by atoms with van der Waals surface area (Å²) >= 11 is 0. The van der Waals surface area contributed by atoms with Crippen LogP contribution in [0.4, 0.5) is 0 Å². The smallest absolute Gasteiger partial charge is 0.228 e. The number of piperidine rings is 1. The molecule has 2 aliphatic rings. The quantitative estimate of drug-likeness (QED) is 0.536. The van der Waals surface area contributed by atoms with Crippen molar-refractivity contribution in [1.82, 2.24) is 19.4 Å². The van der Waals surface area contributed by atoms with E-state index in [9.17, 15) is 8.42 Å². The van der Waals surface area contributed by atoms with Crippen LogP contribution in [0.3, 0.4) is 0 Å². The van der Waals surface area contributed by atoms with Crippen molar-refractivity contribution in [3.63, 3.8) is 0 Å². The van der Waals surface area contributed by atoms with Gasteiger partial charge in [-0.15, -0.1) is 0 Å². The monoisotopic (exact) mass is 426 g/mol. The fourth-order valence-corrected chi connectivity index (χ4v) is 6.74. The molecule has 29 heavy (non-hydrogen) atoms. The van der Waals surface area contributed by atoms with Crippen LogP contribution in [0.1, 0.15) is 57.1 Å². The van der Waals surface area contributed by atoms with Crippen molar-refractivity contribution in [3.8, 4) is 0 Å². The van der Waals surface area contributed by atoms with Gasteiger partial charge in [-0.3, -0.25) is 4.90 Å². The molecule has 0 amide bonds.